The fraction of sp³-hybridized carbons (Fsp3) is 0.409. The van der Waals surface area contributed by atoms with E-state index in [-0.39, 0.29) is 121 Å². The Balaban J connectivity index is 0.835. The van der Waals surface area contributed by atoms with Crippen LogP contribution >= 0.6 is 0 Å². The summed E-state index contributed by atoms with van der Waals surface area (Å²) in [6.45, 7) is 12.4. The minimum atomic E-state index is -1.67. The first-order valence-corrected chi connectivity index (χ1v) is 30.6. The Hall–Kier alpha value is -10.4. The van der Waals surface area contributed by atoms with Crippen LogP contribution in [0.2, 0.25) is 0 Å². The zero-order chi connectivity index (χ0) is 68.1. The number of aliphatic hydroxyl groups is 1. The molecular weight excluding hydrogens is 1240 g/mol. The summed E-state index contributed by atoms with van der Waals surface area (Å²) >= 11 is 0. The number of imide groups is 1. The van der Waals surface area contributed by atoms with Crippen molar-refractivity contribution in [1.82, 2.24) is 30.3 Å². The number of rotatable bonds is 22. The molecule has 1 aromatic heterocycles. The number of pyridine rings is 1. The number of methoxy groups -OCH3 is 3. The van der Waals surface area contributed by atoms with Crippen molar-refractivity contribution in [3.05, 3.63) is 131 Å². The number of aromatic nitrogens is 1. The van der Waals surface area contributed by atoms with Gasteiger partial charge in [-0.15, -0.1) is 0 Å². The molecule has 4 aromatic rings. The van der Waals surface area contributed by atoms with Gasteiger partial charge in [0.1, 0.15) is 31.9 Å². The summed E-state index contributed by atoms with van der Waals surface area (Å²) in [5.74, 6) is -5.00. The van der Waals surface area contributed by atoms with Gasteiger partial charge in [0.25, 0.3) is 23.6 Å². The summed E-state index contributed by atoms with van der Waals surface area (Å²) in [4.78, 5) is 144. The van der Waals surface area contributed by atoms with Crippen LogP contribution in [-0.2, 0) is 62.7 Å². The van der Waals surface area contributed by atoms with E-state index in [1.807, 2.05) is 0 Å². The van der Waals surface area contributed by atoms with Crippen molar-refractivity contribution in [1.29, 1.82) is 0 Å². The third-order valence-electron chi connectivity index (χ3n) is 16.8. The number of anilines is 3. The molecule has 0 spiro atoms. The van der Waals surface area contributed by atoms with E-state index >= 15 is 0 Å². The van der Waals surface area contributed by atoms with Crippen molar-refractivity contribution in [2.75, 3.05) is 62.7 Å². The third kappa shape index (κ3) is 14.7. The standard InChI is InChI=1S/C66H73N9O20/c1-34(2)57(70-53(76)18-19-71-54(77)16-17-55(71)78)59(80)67-37(5)58(79)69-40-14-12-38(13-15-40)31-94-66(87)74-45-27-51(49(88-6)25-43(45)60(81)72-29-35(3)21-47(72)62(74)83)92-32-41-23-39(64(84)90-8)24-42(68-41)33-93-52-28-46-44(26-50(52)89-7)61(82)73-30-36(4)22-48(73)63(75(46)65(85)86)95-56-11-9-10-20-91-56/h12-17,23-28,34,37,47-48,56-57,62-63,83H,3-4,9-11,18-22,29-33H2,1-2,5-8H3,(H,67,80)(H,69,79)(H,70,76)(H,85,86)/t37-,47-,48-,56?,57-,62-,63-/m0/s1. The Bertz CT molecular complexity index is 3770. The number of esters is 1. The first kappa shape index (κ1) is 67.5. The highest BCUT2D eigenvalue weighted by atomic mass is 16.7. The van der Waals surface area contributed by atoms with Gasteiger partial charge >= 0.3 is 18.2 Å². The van der Waals surface area contributed by atoms with Crippen LogP contribution in [0.5, 0.6) is 23.0 Å². The van der Waals surface area contributed by atoms with E-state index in [9.17, 15) is 58.2 Å². The van der Waals surface area contributed by atoms with E-state index in [0.29, 0.717) is 29.9 Å². The van der Waals surface area contributed by atoms with Crippen molar-refractivity contribution in [2.45, 2.75) is 122 Å². The van der Waals surface area contributed by atoms with E-state index in [1.165, 1.54) is 86.6 Å². The molecule has 10 rings (SSSR count). The van der Waals surface area contributed by atoms with E-state index in [0.717, 1.165) is 45.3 Å². The van der Waals surface area contributed by atoms with Gasteiger partial charge in [-0.25, -0.2) is 24.2 Å². The quantitative estimate of drug-likeness (QED) is 0.0377. The largest absolute Gasteiger partial charge is 0.493 e. The summed E-state index contributed by atoms with van der Waals surface area (Å²) in [6, 6.07) is 10.7. The van der Waals surface area contributed by atoms with E-state index in [2.05, 4.69) is 29.1 Å². The fourth-order valence-corrected chi connectivity index (χ4v) is 12.0. The van der Waals surface area contributed by atoms with E-state index < -0.39 is 108 Å². The summed E-state index contributed by atoms with van der Waals surface area (Å²) in [7, 11) is 3.88. The summed E-state index contributed by atoms with van der Waals surface area (Å²) < 4.78 is 47.3. The number of carbonyl (C=O) groups is 10. The first-order valence-electron chi connectivity index (χ1n) is 30.6. The lowest BCUT2D eigenvalue weighted by molar-refractivity contribution is -0.195. The molecule has 0 saturated carbocycles. The van der Waals surface area contributed by atoms with Crippen LogP contribution in [0.25, 0.3) is 0 Å². The number of fused-ring (bicyclic) bond motifs is 4. The average Bonchev–Trinajstić information content (AvgIpc) is 1.63. The lowest BCUT2D eigenvalue weighted by Gasteiger charge is -2.37. The van der Waals surface area contributed by atoms with Crippen LogP contribution in [0.1, 0.15) is 107 Å². The zero-order valence-electron chi connectivity index (χ0n) is 53.1. The maximum Gasteiger partial charge on any atom is 0.416 e. The number of benzene rings is 3. The molecular formula is C66H73N9O20. The third-order valence-corrected chi connectivity index (χ3v) is 16.8. The first-order chi connectivity index (χ1) is 45.4. The highest BCUT2D eigenvalue weighted by Gasteiger charge is 2.50. The Morgan fingerprint density at radius 3 is 1.84 bits per heavy atom. The molecule has 3 aromatic carbocycles. The van der Waals surface area contributed by atoms with Gasteiger partial charge in [-0.2, -0.15) is 0 Å². The van der Waals surface area contributed by atoms with Gasteiger partial charge in [0.2, 0.25) is 17.7 Å². The van der Waals surface area contributed by atoms with Crippen molar-refractivity contribution >= 4 is 76.6 Å². The molecule has 7 atom stereocenters. The number of nitrogens with zero attached hydrogens (tertiary/aromatic N) is 6. The molecule has 0 aliphatic carbocycles. The molecule has 502 valence electrons. The van der Waals surface area contributed by atoms with Gasteiger partial charge in [0, 0.05) is 62.6 Å². The number of aliphatic hydroxyl groups excluding tert-OH is 1. The molecule has 29 heteroatoms. The predicted octanol–water partition coefficient (Wildman–Crippen LogP) is 5.33. The normalized spacial score (nSPS) is 20.4. The number of amides is 9. The molecule has 3 saturated heterocycles. The molecule has 29 nitrogen and oxygen atoms in total. The molecule has 7 heterocycles. The number of carboxylic acid groups (broad SMARTS) is 1. The second-order valence-electron chi connectivity index (χ2n) is 23.8. The van der Waals surface area contributed by atoms with Crippen LogP contribution < -0.4 is 44.7 Å². The van der Waals surface area contributed by atoms with Crippen molar-refractivity contribution in [3.8, 4) is 23.0 Å². The smallest absolute Gasteiger partial charge is 0.416 e. The Morgan fingerprint density at radius 1 is 0.716 bits per heavy atom. The minimum Gasteiger partial charge on any atom is -0.493 e. The number of nitrogens with one attached hydrogen (secondary N) is 3. The van der Waals surface area contributed by atoms with Gasteiger partial charge in [0.15, 0.2) is 41.7 Å². The maximum absolute atomic E-state index is 14.5. The molecule has 95 heavy (non-hydrogen) atoms. The Kier molecular flexibility index (Phi) is 20.5. The molecule has 5 N–H and O–H groups in total. The van der Waals surface area contributed by atoms with Gasteiger partial charge in [-0.1, -0.05) is 50.3 Å². The maximum atomic E-state index is 14.5. The van der Waals surface area contributed by atoms with Crippen molar-refractivity contribution in [2.24, 2.45) is 5.92 Å². The second kappa shape index (κ2) is 28.9. The van der Waals surface area contributed by atoms with Crippen LogP contribution in [0.4, 0.5) is 26.7 Å². The lowest BCUT2D eigenvalue weighted by Crippen LogP contribution is -2.54. The van der Waals surface area contributed by atoms with Crippen LogP contribution in [0, 0.1) is 5.92 Å². The molecule has 6 aliphatic rings. The van der Waals surface area contributed by atoms with E-state index in [4.69, 9.17) is 42.9 Å². The average molecular weight is 1310 g/mol. The highest BCUT2D eigenvalue weighted by Crippen LogP contribution is 2.45. The number of hydrogen-bond donors (Lipinski definition) is 5. The molecule has 0 bridgehead atoms. The SMILES string of the molecule is C=C1C[C@H]2[C@H](O)N(C(=O)OCc3ccc(NC(=O)[C@H](C)NC(=O)[C@@H](NC(=O)CCN4C(=O)C=CC4=O)C(C)C)cc3)c3cc(OCc4cc(C(=O)OC)cc(COc5cc6c(cc5OC)C(=O)N5CC(=C)C[C@H]5[C@H](OC5CCCCO5)N6C(=O)O)n4)c(OC)cc3C(=O)N2C1. The Labute approximate surface area is 545 Å². The fourth-order valence-electron chi connectivity index (χ4n) is 12.0. The lowest BCUT2D eigenvalue weighted by atomic mass is 10.0. The molecule has 1 unspecified atom stereocenters. The van der Waals surface area contributed by atoms with Crippen LogP contribution in [0.3, 0.4) is 0 Å². The summed E-state index contributed by atoms with van der Waals surface area (Å²) in [5, 5.41) is 30.9. The molecule has 0 radical (unpaired) electrons. The van der Waals surface area contributed by atoms with Crippen molar-refractivity contribution in [3.63, 3.8) is 0 Å². The van der Waals surface area contributed by atoms with Gasteiger partial charge in [0.05, 0.1) is 72.9 Å². The zero-order valence-corrected chi connectivity index (χ0v) is 53.1. The molecule has 6 aliphatic heterocycles. The number of carbonyl (C=O) groups excluding carboxylic acids is 9. The topological polar surface area (TPSA) is 350 Å². The summed E-state index contributed by atoms with van der Waals surface area (Å²) in [6.07, 6.45) is -1.52. The molecule has 3 fully saturated rings. The van der Waals surface area contributed by atoms with Gasteiger partial charge in [-0.05, 0) is 86.9 Å². The second-order valence-corrected chi connectivity index (χ2v) is 23.8. The minimum absolute atomic E-state index is 0.0103. The van der Waals surface area contributed by atoms with E-state index in [1.54, 1.807) is 26.0 Å². The Morgan fingerprint density at radius 2 is 1.29 bits per heavy atom. The molecule has 9 amide bonds. The number of ether oxygens (including phenoxy) is 8. The van der Waals surface area contributed by atoms with Crippen LogP contribution in [0.15, 0.2) is 97.1 Å². The van der Waals surface area contributed by atoms with Gasteiger partial charge in [-0.3, -0.25) is 43.4 Å². The monoisotopic (exact) mass is 1310 g/mol. The predicted molar refractivity (Wildman–Crippen MR) is 335 cm³/mol. The van der Waals surface area contributed by atoms with Gasteiger partial charge < -0.3 is 73.9 Å². The van der Waals surface area contributed by atoms with Crippen molar-refractivity contribution < 1.29 is 96.1 Å². The number of hydrogen-bond acceptors (Lipinski definition) is 20. The van der Waals surface area contributed by atoms with Crippen LogP contribution in [-0.4, -0.2) is 180 Å². The summed E-state index contributed by atoms with van der Waals surface area (Å²) in [5.41, 5.74) is 2.26. The highest BCUT2D eigenvalue weighted by molar-refractivity contribution is 6.13.